The lowest BCUT2D eigenvalue weighted by Crippen LogP contribution is -1.90. The minimum atomic E-state index is -0.440. The molecule has 6 heteroatoms. The van der Waals surface area contributed by atoms with E-state index in [-0.39, 0.29) is 5.69 Å². The van der Waals surface area contributed by atoms with Gasteiger partial charge in [0.2, 0.25) is 0 Å². The highest BCUT2D eigenvalue weighted by molar-refractivity contribution is 7.99. The van der Waals surface area contributed by atoms with Crippen LogP contribution >= 0.6 is 35.0 Å². The Morgan fingerprint density at radius 1 is 1.00 bits per heavy atom. The van der Waals surface area contributed by atoms with E-state index >= 15 is 0 Å². The number of nitro groups is 1. The van der Waals surface area contributed by atoms with E-state index in [0.29, 0.717) is 14.9 Å². The van der Waals surface area contributed by atoms with Crippen LogP contribution in [0.4, 0.5) is 5.69 Å². The van der Waals surface area contributed by atoms with Crippen LogP contribution in [0.2, 0.25) is 10.0 Å². The zero-order chi connectivity index (χ0) is 13.1. The average Bonchev–Trinajstić information content (AvgIpc) is 2.34. The van der Waals surface area contributed by atoms with Crippen molar-refractivity contribution in [1.82, 2.24) is 0 Å². The fourth-order valence-electron chi connectivity index (χ4n) is 1.35. The molecule has 0 saturated carbocycles. The predicted molar refractivity (Wildman–Crippen MR) is 73.7 cm³/mol. The largest absolute Gasteiger partial charge is 0.284 e. The van der Waals surface area contributed by atoms with E-state index in [1.54, 1.807) is 24.3 Å². The van der Waals surface area contributed by atoms with Gasteiger partial charge in [-0.1, -0.05) is 35.0 Å². The molecular formula is C12H7Cl2NO2S. The summed E-state index contributed by atoms with van der Waals surface area (Å²) in [4.78, 5) is 11.9. The monoisotopic (exact) mass is 299 g/mol. The van der Waals surface area contributed by atoms with Gasteiger partial charge < -0.3 is 0 Å². The van der Waals surface area contributed by atoms with Crippen molar-refractivity contribution in [3.05, 3.63) is 62.6 Å². The molecule has 0 N–H and O–H groups in total. The van der Waals surface area contributed by atoms with Gasteiger partial charge in [0.1, 0.15) is 0 Å². The lowest BCUT2D eigenvalue weighted by atomic mass is 10.3. The number of halogens is 2. The standard InChI is InChI=1S/C12H7Cl2NO2S/c13-8-1-4-10(5-2-8)18-12-6-3-9(14)7-11(12)15(16)17/h1-7H. The molecule has 2 aromatic rings. The van der Waals surface area contributed by atoms with Crippen LogP contribution in [0.1, 0.15) is 0 Å². The van der Waals surface area contributed by atoms with Crippen molar-refractivity contribution in [2.45, 2.75) is 9.79 Å². The molecule has 0 fully saturated rings. The van der Waals surface area contributed by atoms with Crippen molar-refractivity contribution in [1.29, 1.82) is 0 Å². The average molecular weight is 300 g/mol. The highest BCUT2D eigenvalue weighted by atomic mass is 35.5. The molecule has 0 unspecified atom stereocenters. The Bertz CT molecular complexity index is 587. The quantitative estimate of drug-likeness (QED) is 0.588. The van der Waals surface area contributed by atoms with Gasteiger partial charge in [0.15, 0.2) is 0 Å². The minimum absolute atomic E-state index is 0.00227. The van der Waals surface area contributed by atoms with Crippen LogP contribution in [0.3, 0.4) is 0 Å². The van der Waals surface area contributed by atoms with Crippen LogP contribution in [0.5, 0.6) is 0 Å². The van der Waals surface area contributed by atoms with Crippen LogP contribution in [-0.2, 0) is 0 Å². The van der Waals surface area contributed by atoms with Crippen LogP contribution in [0.25, 0.3) is 0 Å². The van der Waals surface area contributed by atoms with Crippen LogP contribution in [0.15, 0.2) is 52.3 Å². The lowest BCUT2D eigenvalue weighted by Gasteiger charge is -2.03. The van der Waals surface area contributed by atoms with Crippen molar-refractivity contribution in [3.63, 3.8) is 0 Å². The van der Waals surface area contributed by atoms with E-state index in [4.69, 9.17) is 23.2 Å². The highest BCUT2D eigenvalue weighted by Gasteiger charge is 2.15. The number of nitro benzene ring substituents is 1. The molecule has 0 amide bonds. The molecule has 0 aliphatic carbocycles. The van der Waals surface area contributed by atoms with E-state index in [1.165, 1.54) is 17.8 Å². The van der Waals surface area contributed by atoms with E-state index in [0.717, 1.165) is 4.90 Å². The molecule has 18 heavy (non-hydrogen) atoms. The summed E-state index contributed by atoms with van der Waals surface area (Å²) < 4.78 is 0. The van der Waals surface area contributed by atoms with Gasteiger partial charge in [-0.25, -0.2) is 0 Å². The second kappa shape index (κ2) is 5.61. The highest BCUT2D eigenvalue weighted by Crippen LogP contribution is 2.36. The normalized spacial score (nSPS) is 10.3. The second-order valence-corrected chi connectivity index (χ2v) is 5.41. The van der Waals surface area contributed by atoms with E-state index < -0.39 is 4.92 Å². The maximum atomic E-state index is 10.9. The number of rotatable bonds is 3. The smallest absolute Gasteiger partial charge is 0.258 e. The summed E-state index contributed by atoms with van der Waals surface area (Å²) >= 11 is 12.8. The molecule has 0 heterocycles. The zero-order valence-electron chi connectivity index (χ0n) is 8.97. The Hall–Kier alpha value is -1.23. The maximum absolute atomic E-state index is 10.9. The minimum Gasteiger partial charge on any atom is -0.258 e. The summed E-state index contributed by atoms with van der Waals surface area (Å²) in [6, 6.07) is 11.7. The van der Waals surface area contributed by atoms with Gasteiger partial charge in [-0.15, -0.1) is 0 Å². The van der Waals surface area contributed by atoms with Gasteiger partial charge in [-0.3, -0.25) is 10.1 Å². The van der Waals surface area contributed by atoms with Crippen molar-refractivity contribution < 1.29 is 4.92 Å². The number of benzene rings is 2. The van der Waals surface area contributed by atoms with Crippen LogP contribution in [0, 0.1) is 10.1 Å². The fourth-order valence-corrected chi connectivity index (χ4v) is 2.54. The molecule has 0 radical (unpaired) electrons. The molecule has 0 saturated heterocycles. The van der Waals surface area contributed by atoms with Crippen LogP contribution < -0.4 is 0 Å². The van der Waals surface area contributed by atoms with E-state index in [9.17, 15) is 10.1 Å². The Morgan fingerprint density at radius 2 is 1.61 bits per heavy atom. The summed E-state index contributed by atoms with van der Waals surface area (Å²) in [5.41, 5.74) is 0.00227. The predicted octanol–water partition coefficient (Wildman–Crippen LogP) is 5.05. The van der Waals surface area contributed by atoms with Gasteiger partial charge in [0.25, 0.3) is 5.69 Å². The Balaban J connectivity index is 2.34. The van der Waals surface area contributed by atoms with Gasteiger partial charge >= 0.3 is 0 Å². The molecule has 92 valence electrons. The number of nitrogens with zero attached hydrogens (tertiary/aromatic N) is 1. The summed E-state index contributed by atoms with van der Waals surface area (Å²) in [5, 5.41) is 11.9. The molecule has 3 nitrogen and oxygen atoms in total. The first-order valence-electron chi connectivity index (χ1n) is 4.93. The maximum Gasteiger partial charge on any atom is 0.284 e. The van der Waals surface area contributed by atoms with E-state index in [1.807, 2.05) is 12.1 Å². The number of hydrogen-bond donors (Lipinski definition) is 0. The first-order chi connectivity index (χ1) is 8.56. The molecule has 0 aliphatic heterocycles. The topological polar surface area (TPSA) is 43.1 Å². The van der Waals surface area contributed by atoms with Crippen molar-refractivity contribution in [3.8, 4) is 0 Å². The van der Waals surface area contributed by atoms with E-state index in [2.05, 4.69) is 0 Å². The molecule has 2 aromatic carbocycles. The molecular weight excluding hydrogens is 293 g/mol. The lowest BCUT2D eigenvalue weighted by molar-refractivity contribution is -0.387. The van der Waals surface area contributed by atoms with Crippen molar-refractivity contribution in [2.75, 3.05) is 0 Å². The Labute approximate surface area is 118 Å². The molecule has 2 rings (SSSR count). The van der Waals surface area contributed by atoms with Gasteiger partial charge in [-0.2, -0.15) is 0 Å². The molecule has 0 bridgehead atoms. The third kappa shape index (κ3) is 3.16. The van der Waals surface area contributed by atoms with Crippen molar-refractivity contribution >= 4 is 40.7 Å². The summed E-state index contributed by atoms with van der Waals surface area (Å²) in [7, 11) is 0. The molecule has 0 spiro atoms. The second-order valence-electron chi connectivity index (χ2n) is 3.43. The van der Waals surface area contributed by atoms with Gasteiger partial charge in [0, 0.05) is 21.0 Å². The molecule has 0 aromatic heterocycles. The number of hydrogen-bond acceptors (Lipinski definition) is 3. The first-order valence-corrected chi connectivity index (χ1v) is 6.51. The Kier molecular flexibility index (Phi) is 4.11. The van der Waals surface area contributed by atoms with Gasteiger partial charge in [0.05, 0.1) is 9.82 Å². The molecule has 0 atom stereocenters. The summed E-state index contributed by atoms with van der Waals surface area (Å²) in [6.45, 7) is 0. The zero-order valence-corrected chi connectivity index (χ0v) is 11.3. The van der Waals surface area contributed by atoms with Gasteiger partial charge in [-0.05, 0) is 36.4 Å². The summed E-state index contributed by atoms with van der Waals surface area (Å²) in [6.07, 6.45) is 0. The summed E-state index contributed by atoms with van der Waals surface area (Å²) in [5.74, 6) is 0. The van der Waals surface area contributed by atoms with Crippen LogP contribution in [-0.4, -0.2) is 4.92 Å². The third-order valence-corrected chi connectivity index (χ3v) is 3.72. The van der Waals surface area contributed by atoms with Crippen molar-refractivity contribution in [2.24, 2.45) is 0 Å². The Morgan fingerprint density at radius 3 is 2.22 bits per heavy atom. The molecule has 0 aliphatic rings. The SMILES string of the molecule is O=[N+]([O-])c1cc(Cl)ccc1Sc1ccc(Cl)cc1. The first kappa shape index (κ1) is 13.2. The fraction of sp³-hybridized carbons (Fsp3) is 0. The third-order valence-electron chi connectivity index (χ3n) is 2.16.